The average molecular weight is 419 g/mol. The maximum Gasteiger partial charge on any atom is 0.139 e. The Hall–Kier alpha value is -3.92. The van der Waals surface area contributed by atoms with Gasteiger partial charge >= 0.3 is 0 Å². The highest BCUT2D eigenvalue weighted by atomic mass is 15.1. The van der Waals surface area contributed by atoms with Crippen molar-refractivity contribution in [3.63, 3.8) is 0 Å². The number of imidazole rings is 2. The van der Waals surface area contributed by atoms with Gasteiger partial charge < -0.3 is 9.13 Å². The van der Waals surface area contributed by atoms with Crippen LogP contribution in [0.15, 0.2) is 91.4 Å². The summed E-state index contributed by atoms with van der Waals surface area (Å²) in [5.41, 5.74) is 8.13. The SMILES string of the molecule is Cc1cccc(C)c1-n1cc(-c2ccccc2)nc1Cc1cccc(-c2nccn2C)c1. The standard InChI is InChI=1S/C28H26N4/c1-20-9-7-10-21(2)27(20)32-19-25(23-12-5-4-6-13-23)30-26(32)18-22-11-8-14-24(17-22)28-29-15-16-31(28)3/h4-17,19H,18H2,1-3H3. The van der Waals surface area contributed by atoms with Crippen molar-refractivity contribution in [2.24, 2.45) is 7.05 Å². The third-order valence-electron chi connectivity index (χ3n) is 5.90. The minimum absolute atomic E-state index is 0.735. The van der Waals surface area contributed by atoms with E-state index in [4.69, 9.17) is 4.98 Å². The molecule has 0 saturated heterocycles. The van der Waals surface area contributed by atoms with Gasteiger partial charge in [-0.2, -0.15) is 0 Å². The first kappa shape index (κ1) is 20.0. The lowest BCUT2D eigenvalue weighted by molar-refractivity contribution is 0.899. The Bertz CT molecular complexity index is 1360. The van der Waals surface area contributed by atoms with Crippen molar-refractivity contribution in [2.75, 3.05) is 0 Å². The minimum atomic E-state index is 0.735. The summed E-state index contributed by atoms with van der Waals surface area (Å²) in [5, 5.41) is 0. The van der Waals surface area contributed by atoms with Crippen molar-refractivity contribution in [3.8, 4) is 28.3 Å². The third-order valence-corrected chi connectivity index (χ3v) is 5.90. The molecule has 4 heteroatoms. The Labute approximate surface area is 188 Å². The molecule has 0 fully saturated rings. The molecule has 0 unspecified atom stereocenters. The third kappa shape index (κ3) is 3.76. The van der Waals surface area contributed by atoms with Gasteiger partial charge in [-0.15, -0.1) is 0 Å². The first-order valence-electron chi connectivity index (χ1n) is 10.9. The minimum Gasteiger partial charge on any atom is -0.334 e. The van der Waals surface area contributed by atoms with Crippen LogP contribution in [-0.4, -0.2) is 19.1 Å². The maximum absolute atomic E-state index is 5.09. The second-order valence-corrected chi connectivity index (χ2v) is 8.26. The second kappa shape index (κ2) is 8.31. The molecule has 4 nitrogen and oxygen atoms in total. The van der Waals surface area contributed by atoms with Gasteiger partial charge in [0.2, 0.25) is 0 Å². The molecule has 0 aliphatic rings. The lowest BCUT2D eigenvalue weighted by Gasteiger charge is -2.14. The van der Waals surface area contributed by atoms with Gasteiger partial charge in [0.05, 0.1) is 11.4 Å². The largest absolute Gasteiger partial charge is 0.334 e. The summed E-state index contributed by atoms with van der Waals surface area (Å²) in [5.74, 6) is 1.99. The first-order valence-corrected chi connectivity index (χ1v) is 10.9. The smallest absolute Gasteiger partial charge is 0.139 e. The summed E-state index contributed by atoms with van der Waals surface area (Å²) in [7, 11) is 2.02. The van der Waals surface area contributed by atoms with E-state index < -0.39 is 0 Å². The van der Waals surface area contributed by atoms with Crippen molar-refractivity contribution >= 4 is 0 Å². The monoisotopic (exact) mass is 418 g/mol. The molecule has 2 aromatic heterocycles. The van der Waals surface area contributed by atoms with E-state index >= 15 is 0 Å². The first-order chi connectivity index (χ1) is 15.6. The second-order valence-electron chi connectivity index (χ2n) is 8.26. The summed E-state index contributed by atoms with van der Waals surface area (Å²) in [6.07, 6.45) is 6.71. The van der Waals surface area contributed by atoms with Gasteiger partial charge in [-0.3, -0.25) is 0 Å². The Morgan fingerprint density at radius 1 is 0.812 bits per heavy atom. The molecule has 0 aliphatic carbocycles. The predicted molar refractivity (Wildman–Crippen MR) is 130 cm³/mol. The fraction of sp³-hybridized carbons (Fsp3) is 0.143. The van der Waals surface area contributed by atoms with Crippen LogP contribution in [0.2, 0.25) is 0 Å². The van der Waals surface area contributed by atoms with E-state index in [0.29, 0.717) is 0 Å². The summed E-state index contributed by atoms with van der Waals surface area (Å²) >= 11 is 0. The molecule has 0 saturated carbocycles. The van der Waals surface area contributed by atoms with Crippen LogP contribution in [0.4, 0.5) is 0 Å². The van der Waals surface area contributed by atoms with E-state index in [0.717, 1.165) is 34.9 Å². The number of nitrogens with zero attached hydrogens (tertiary/aromatic N) is 4. The molecule has 0 spiro atoms. The highest BCUT2D eigenvalue weighted by molar-refractivity contribution is 5.61. The molecule has 0 atom stereocenters. The average Bonchev–Trinajstić information content (AvgIpc) is 3.41. The Morgan fingerprint density at radius 2 is 1.53 bits per heavy atom. The number of hydrogen-bond donors (Lipinski definition) is 0. The predicted octanol–water partition coefficient (Wildman–Crippen LogP) is 6.15. The molecule has 5 rings (SSSR count). The van der Waals surface area contributed by atoms with Crippen molar-refractivity contribution in [2.45, 2.75) is 20.3 Å². The van der Waals surface area contributed by atoms with Crippen molar-refractivity contribution in [1.29, 1.82) is 0 Å². The molecule has 3 aromatic carbocycles. The lowest BCUT2D eigenvalue weighted by atomic mass is 10.1. The molecule has 32 heavy (non-hydrogen) atoms. The van der Waals surface area contributed by atoms with Crippen LogP contribution in [0.5, 0.6) is 0 Å². The molecule has 0 aliphatic heterocycles. The molecule has 5 aromatic rings. The molecule has 2 heterocycles. The lowest BCUT2D eigenvalue weighted by Crippen LogP contribution is -2.05. The number of aromatic nitrogens is 4. The zero-order valence-corrected chi connectivity index (χ0v) is 18.7. The van der Waals surface area contributed by atoms with E-state index in [1.807, 2.05) is 30.1 Å². The van der Waals surface area contributed by atoms with E-state index in [1.54, 1.807) is 0 Å². The maximum atomic E-state index is 5.09. The van der Waals surface area contributed by atoms with E-state index in [-0.39, 0.29) is 0 Å². The van der Waals surface area contributed by atoms with E-state index in [2.05, 4.69) is 96.3 Å². The fourth-order valence-corrected chi connectivity index (χ4v) is 4.32. The molecular formula is C28H26N4. The molecule has 0 radical (unpaired) electrons. The number of benzene rings is 3. The summed E-state index contributed by atoms with van der Waals surface area (Å²) in [4.78, 5) is 9.59. The van der Waals surface area contributed by atoms with Crippen molar-refractivity contribution < 1.29 is 0 Å². The van der Waals surface area contributed by atoms with Crippen LogP contribution >= 0.6 is 0 Å². The van der Waals surface area contributed by atoms with E-state index in [1.165, 1.54) is 22.4 Å². The van der Waals surface area contributed by atoms with Gasteiger partial charge in [-0.1, -0.05) is 66.7 Å². The zero-order valence-electron chi connectivity index (χ0n) is 18.7. The summed E-state index contributed by atoms with van der Waals surface area (Å²) in [6.45, 7) is 4.33. The van der Waals surface area contributed by atoms with Gasteiger partial charge in [0.1, 0.15) is 11.6 Å². The van der Waals surface area contributed by atoms with Gasteiger partial charge in [0.25, 0.3) is 0 Å². The topological polar surface area (TPSA) is 35.6 Å². The van der Waals surface area contributed by atoms with Gasteiger partial charge in [-0.25, -0.2) is 9.97 Å². The van der Waals surface area contributed by atoms with Crippen LogP contribution in [0.25, 0.3) is 28.3 Å². The molecule has 158 valence electrons. The highest BCUT2D eigenvalue weighted by Crippen LogP contribution is 2.27. The zero-order chi connectivity index (χ0) is 22.1. The van der Waals surface area contributed by atoms with Crippen LogP contribution in [0.3, 0.4) is 0 Å². The van der Waals surface area contributed by atoms with Crippen LogP contribution in [0, 0.1) is 13.8 Å². The van der Waals surface area contributed by atoms with Gasteiger partial charge in [0, 0.05) is 43.2 Å². The van der Waals surface area contributed by atoms with Gasteiger partial charge in [0.15, 0.2) is 0 Å². The normalized spacial score (nSPS) is 11.1. The van der Waals surface area contributed by atoms with Crippen molar-refractivity contribution in [3.05, 3.63) is 114 Å². The molecular weight excluding hydrogens is 392 g/mol. The summed E-state index contributed by atoms with van der Waals surface area (Å²) < 4.78 is 4.31. The van der Waals surface area contributed by atoms with Crippen LogP contribution in [-0.2, 0) is 13.5 Å². The van der Waals surface area contributed by atoms with Crippen molar-refractivity contribution in [1.82, 2.24) is 19.1 Å². The van der Waals surface area contributed by atoms with Crippen LogP contribution < -0.4 is 0 Å². The Balaban J connectivity index is 1.61. The number of hydrogen-bond acceptors (Lipinski definition) is 2. The van der Waals surface area contributed by atoms with Gasteiger partial charge in [-0.05, 0) is 36.6 Å². The fourth-order valence-electron chi connectivity index (χ4n) is 4.32. The Morgan fingerprint density at radius 3 is 2.25 bits per heavy atom. The highest BCUT2D eigenvalue weighted by Gasteiger charge is 2.15. The number of para-hydroxylation sites is 1. The quantitative estimate of drug-likeness (QED) is 0.343. The van der Waals surface area contributed by atoms with E-state index in [9.17, 15) is 0 Å². The van der Waals surface area contributed by atoms with Crippen LogP contribution in [0.1, 0.15) is 22.5 Å². The molecule has 0 bridgehead atoms. The number of aryl methyl sites for hydroxylation is 3. The summed E-state index contributed by atoms with van der Waals surface area (Å²) in [6, 6.07) is 25.4. The molecule has 0 amide bonds. The Kier molecular flexibility index (Phi) is 5.20. The number of rotatable bonds is 5. The molecule has 0 N–H and O–H groups in total.